The van der Waals surface area contributed by atoms with Crippen molar-refractivity contribution in [2.24, 2.45) is 0 Å². The zero-order valence-electron chi connectivity index (χ0n) is 12.4. The van der Waals surface area contributed by atoms with Gasteiger partial charge in [-0.25, -0.2) is 0 Å². The second-order valence-electron chi connectivity index (χ2n) is 6.51. The Labute approximate surface area is 120 Å². The van der Waals surface area contributed by atoms with E-state index >= 15 is 0 Å². The van der Waals surface area contributed by atoms with Crippen LogP contribution in [0.3, 0.4) is 0 Å². The zero-order chi connectivity index (χ0) is 13.5. The van der Waals surface area contributed by atoms with Crippen molar-refractivity contribution < 1.29 is 15.3 Å². The van der Waals surface area contributed by atoms with Gasteiger partial charge in [-0.3, -0.25) is 0 Å². The third-order valence-electron chi connectivity index (χ3n) is 0. The number of hydrogen-bond acceptors (Lipinski definition) is 3. The molecule has 99 valence electrons. The van der Waals surface area contributed by atoms with E-state index in [-0.39, 0.29) is 25.8 Å². The van der Waals surface area contributed by atoms with Crippen LogP contribution < -0.4 is 0 Å². The van der Waals surface area contributed by atoms with Crippen molar-refractivity contribution in [3.63, 3.8) is 0 Å². The summed E-state index contributed by atoms with van der Waals surface area (Å²) in [7, 11) is 0. The van der Waals surface area contributed by atoms with Crippen LogP contribution in [0.2, 0.25) is 0 Å². The first-order valence-electron chi connectivity index (χ1n) is 5.17. The SMILES string of the molecule is CC(C)(C)O.CC(C)(C)O.CC(C)(C)O.[In]. The summed E-state index contributed by atoms with van der Waals surface area (Å²) in [6, 6.07) is 0. The molecule has 0 aromatic carbocycles. The van der Waals surface area contributed by atoms with Crippen molar-refractivity contribution in [1.82, 2.24) is 0 Å². The second-order valence-corrected chi connectivity index (χ2v) is 6.51. The Hall–Kier alpha value is 0.750. The van der Waals surface area contributed by atoms with Crippen LogP contribution in [0.25, 0.3) is 0 Å². The van der Waals surface area contributed by atoms with E-state index in [2.05, 4.69) is 0 Å². The van der Waals surface area contributed by atoms with Crippen LogP contribution in [0.1, 0.15) is 62.3 Å². The first-order chi connectivity index (χ1) is 6.00. The summed E-state index contributed by atoms with van der Waals surface area (Å²) in [6.45, 7) is 15.7. The molecule has 0 rings (SSSR count). The largest absolute Gasteiger partial charge is 0.391 e. The first kappa shape index (κ1) is 25.6. The van der Waals surface area contributed by atoms with Crippen molar-refractivity contribution >= 4 is 25.8 Å². The van der Waals surface area contributed by atoms with Crippen LogP contribution in [0.5, 0.6) is 0 Å². The van der Waals surface area contributed by atoms with Crippen molar-refractivity contribution in [2.45, 2.75) is 79.1 Å². The van der Waals surface area contributed by atoms with Gasteiger partial charge in [0, 0.05) is 25.8 Å². The smallest absolute Gasteiger partial charge is 0.0563 e. The molecule has 0 aliphatic rings. The van der Waals surface area contributed by atoms with Crippen molar-refractivity contribution in [3.05, 3.63) is 0 Å². The standard InChI is InChI=1S/3C4H10O.In/c3*1-4(2,3)5;/h3*5H,1-3H3;. The summed E-state index contributed by atoms with van der Waals surface area (Å²) in [4.78, 5) is 0. The molecule has 3 radical (unpaired) electrons. The van der Waals surface area contributed by atoms with Gasteiger partial charge >= 0.3 is 0 Å². The second kappa shape index (κ2) is 9.75. The minimum Gasteiger partial charge on any atom is -0.391 e. The molecule has 0 spiro atoms. The van der Waals surface area contributed by atoms with Crippen molar-refractivity contribution in [1.29, 1.82) is 0 Å². The average Bonchev–Trinajstić information content (AvgIpc) is 1.41. The minimum atomic E-state index is -0.500. The molecule has 0 bridgehead atoms. The molecule has 0 heterocycles. The van der Waals surface area contributed by atoms with E-state index in [1.54, 1.807) is 62.3 Å². The molecular weight excluding hydrogens is 307 g/mol. The maximum Gasteiger partial charge on any atom is 0.0563 e. The van der Waals surface area contributed by atoms with Gasteiger partial charge in [0.25, 0.3) is 0 Å². The predicted octanol–water partition coefficient (Wildman–Crippen LogP) is 1.95. The van der Waals surface area contributed by atoms with Gasteiger partial charge in [0.1, 0.15) is 0 Å². The Balaban J connectivity index is -0.0000000655. The molecule has 0 aliphatic heterocycles. The molecule has 0 aliphatic carbocycles. The first-order valence-corrected chi connectivity index (χ1v) is 5.17. The molecule has 0 atom stereocenters. The molecule has 0 saturated carbocycles. The van der Waals surface area contributed by atoms with Crippen LogP contribution in [0.4, 0.5) is 0 Å². The molecule has 0 amide bonds. The van der Waals surface area contributed by atoms with E-state index in [4.69, 9.17) is 15.3 Å². The summed E-state index contributed by atoms with van der Waals surface area (Å²) < 4.78 is 0. The Bertz CT molecular complexity index is 91.3. The van der Waals surface area contributed by atoms with Crippen LogP contribution >= 0.6 is 0 Å². The third-order valence-corrected chi connectivity index (χ3v) is 0. The van der Waals surface area contributed by atoms with Crippen molar-refractivity contribution in [3.8, 4) is 0 Å². The summed E-state index contributed by atoms with van der Waals surface area (Å²) in [5.74, 6) is 0. The van der Waals surface area contributed by atoms with Gasteiger partial charge in [-0.2, -0.15) is 0 Å². The molecule has 4 heteroatoms. The summed E-state index contributed by atoms with van der Waals surface area (Å²) >= 11 is 0. The van der Waals surface area contributed by atoms with E-state index in [0.717, 1.165) is 0 Å². The van der Waals surface area contributed by atoms with Crippen LogP contribution in [-0.2, 0) is 0 Å². The molecule has 0 aromatic rings. The predicted molar refractivity (Wildman–Crippen MR) is 71.7 cm³/mol. The van der Waals surface area contributed by atoms with Gasteiger partial charge in [0.15, 0.2) is 0 Å². The Kier molecular flexibility index (Phi) is 15.6. The van der Waals surface area contributed by atoms with Gasteiger partial charge in [-0.05, 0) is 62.3 Å². The van der Waals surface area contributed by atoms with Crippen molar-refractivity contribution in [2.75, 3.05) is 0 Å². The van der Waals surface area contributed by atoms with Crippen LogP contribution in [0.15, 0.2) is 0 Å². The fourth-order valence-corrected chi connectivity index (χ4v) is 0. The molecule has 0 saturated heterocycles. The van der Waals surface area contributed by atoms with Crippen LogP contribution in [-0.4, -0.2) is 58.0 Å². The quantitative estimate of drug-likeness (QED) is 0.633. The van der Waals surface area contributed by atoms with Gasteiger partial charge in [-0.1, -0.05) is 0 Å². The summed E-state index contributed by atoms with van der Waals surface area (Å²) in [6.07, 6.45) is 0. The minimum absolute atomic E-state index is 0. The van der Waals surface area contributed by atoms with E-state index < -0.39 is 16.8 Å². The van der Waals surface area contributed by atoms with Gasteiger partial charge in [0.05, 0.1) is 16.8 Å². The van der Waals surface area contributed by atoms with E-state index in [0.29, 0.717) is 0 Å². The molecule has 16 heavy (non-hydrogen) atoms. The zero-order valence-corrected chi connectivity index (χ0v) is 15.7. The third kappa shape index (κ3) is 4960. The summed E-state index contributed by atoms with van der Waals surface area (Å²) in [5, 5.41) is 25.6. The fourth-order valence-electron chi connectivity index (χ4n) is 0. The van der Waals surface area contributed by atoms with E-state index in [1.165, 1.54) is 0 Å². The maximum atomic E-state index is 8.52. The van der Waals surface area contributed by atoms with Gasteiger partial charge in [-0.15, -0.1) is 0 Å². The van der Waals surface area contributed by atoms with E-state index in [9.17, 15) is 0 Å². The normalized spacial score (nSPS) is 11.2. The molecular formula is C12H30InO3. The number of rotatable bonds is 0. The topological polar surface area (TPSA) is 60.7 Å². The number of aliphatic hydroxyl groups is 3. The number of hydrogen-bond donors (Lipinski definition) is 3. The van der Waals surface area contributed by atoms with Gasteiger partial charge < -0.3 is 15.3 Å². The molecule has 3 nitrogen and oxygen atoms in total. The van der Waals surface area contributed by atoms with Gasteiger partial charge in [0.2, 0.25) is 0 Å². The average molecular weight is 337 g/mol. The Morgan fingerprint density at radius 3 is 0.438 bits per heavy atom. The van der Waals surface area contributed by atoms with Crippen LogP contribution in [0, 0.1) is 0 Å². The fraction of sp³-hybridized carbons (Fsp3) is 1.00. The van der Waals surface area contributed by atoms with E-state index in [1.807, 2.05) is 0 Å². The Morgan fingerprint density at radius 2 is 0.438 bits per heavy atom. The summed E-state index contributed by atoms with van der Waals surface area (Å²) in [5.41, 5.74) is -1.50. The molecule has 0 aromatic heterocycles. The molecule has 0 fully saturated rings. The molecule has 0 unspecified atom stereocenters. The maximum absolute atomic E-state index is 8.52. The molecule has 3 N–H and O–H groups in total. The monoisotopic (exact) mass is 337 g/mol. The Morgan fingerprint density at radius 1 is 0.438 bits per heavy atom.